The summed E-state index contributed by atoms with van der Waals surface area (Å²) in [5.74, 6) is -0.0828. The summed E-state index contributed by atoms with van der Waals surface area (Å²) in [6, 6.07) is 5.89. The Balaban J connectivity index is 1.84. The van der Waals surface area contributed by atoms with Crippen LogP contribution in [0.2, 0.25) is 0 Å². The Morgan fingerprint density at radius 1 is 1.45 bits per heavy atom. The minimum atomic E-state index is -0.0828. The lowest BCUT2D eigenvalue weighted by Gasteiger charge is -2.22. The number of piperidine rings is 1. The molecule has 1 heterocycles. The van der Waals surface area contributed by atoms with Crippen molar-refractivity contribution >= 4 is 27.5 Å². The molecule has 0 radical (unpaired) electrons. The van der Waals surface area contributed by atoms with E-state index >= 15 is 0 Å². The standard InChI is InChI=1S/C15H21BrN2O2/c1-2-11-9-12(16)3-4-14(11)18-15(19)10-20-13-5-7-17-8-6-13/h3-4,9,13,17H,2,5-8,10H2,1H3,(H,18,19). The van der Waals surface area contributed by atoms with Crippen molar-refractivity contribution in [3.63, 3.8) is 0 Å². The molecular weight excluding hydrogens is 320 g/mol. The SMILES string of the molecule is CCc1cc(Br)ccc1NC(=O)COC1CCNCC1. The van der Waals surface area contributed by atoms with Gasteiger partial charge in [0.25, 0.3) is 0 Å². The number of anilines is 1. The van der Waals surface area contributed by atoms with Gasteiger partial charge in [-0.15, -0.1) is 0 Å². The summed E-state index contributed by atoms with van der Waals surface area (Å²) in [7, 11) is 0. The summed E-state index contributed by atoms with van der Waals surface area (Å²) in [5, 5.41) is 6.21. The number of ether oxygens (including phenoxy) is 1. The van der Waals surface area contributed by atoms with Crippen molar-refractivity contribution < 1.29 is 9.53 Å². The molecule has 2 rings (SSSR count). The Bertz CT molecular complexity index is 459. The molecule has 1 aromatic carbocycles. The lowest BCUT2D eigenvalue weighted by Crippen LogP contribution is -2.34. The van der Waals surface area contributed by atoms with Gasteiger partial charge in [0.1, 0.15) is 6.61 Å². The van der Waals surface area contributed by atoms with Crippen LogP contribution in [-0.2, 0) is 16.0 Å². The first-order chi connectivity index (χ1) is 9.69. The van der Waals surface area contributed by atoms with Crippen LogP contribution in [0, 0.1) is 0 Å². The summed E-state index contributed by atoms with van der Waals surface area (Å²) in [4.78, 5) is 11.9. The molecule has 4 nitrogen and oxygen atoms in total. The van der Waals surface area contributed by atoms with E-state index < -0.39 is 0 Å². The van der Waals surface area contributed by atoms with Gasteiger partial charge in [0.2, 0.25) is 5.91 Å². The zero-order chi connectivity index (χ0) is 14.4. The molecule has 1 aromatic rings. The van der Waals surface area contributed by atoms with E-state index in [2.05, 4.69) is 33.5 Å². The summed E-state index contributed by atoms with van der Waals surface area (Å²) >= 11 is 3.44. The number of hydrogen-bond donors (Lipinski definition) is 2. The molecule has 1 aliphatic heterocycles. The number of carbonyl (C=O) groups excluding carboxylic acids is 1. The van der Waals surface area contributed by atoms with Crippen molar-refractivity contribution in [3.05, 3.63) is 28.2 Å². The first-order valence-corrected chi connectivity index (χ1v) is 7.89. The van der Waals surface area contributed by atoms with Crippen molar-refractivity contribution in [3.8, 4) is 0 Å². The van der Waals surface area contributed by atoms with Crippen LogP contribution in [0.15, 0.2) is 22.7 Å². The fraction of sp³-hybridized carbons (Fsp3) is 0.533. The maximum Gasteiger partial charge on any atom is 0.250 e. The Morgan fingerprint density at radius 2 is 2.20 bits per heavy atom. The third-order valence-corrected chi connectivity index (χ3v) is 3.95. The summed E-state index contributed by atoms with van der Waals surface area (Å²) in [6.07, 6.45) is 3.04. The molecule has 0 bridgehead atoms. The van der Waals surface area contributed by atoms with E-state index in [1.54, 1.807) is 0 Å². The fourth-order valence-corrected chi connectivity index (χ4v) is 2.73. The largest absolute Gasteiger partial charge is 0.368 e. The van der Waals surface area contributed by atoms with Gasteiger partial charge >= 0.3 is 0 Å². The molecular formula is C15H21BrN2O2. The van der Waals surface area contributed by atoms with E-state index in [-0.39, 0.29) is 18.6 Å². The maximum absolute atomic E-state index is 11.9. The van der Waals surface area contributed by atoms with Crippen molar-refractivity contribution in [2.24, 2.45) is 0 Å². The lowest BCUT2D eigenvalue weighted by atomic mass is 10.1. The normalized spacial score (nSPS) is 16.1. The van der Waals surface area contributed by atoms with Gasteiger partial charge in [-0.2, -0.15) is 0 Å². The fourth-order valence-electron chi connectivity index (χ4n) is 2.32. The highest BCUT2D eigenvalue weighted by molar-refractivity contribution is 9.10. The number of carbonyl (C=O) groups is 1. The average molecular weight is 341 g/mol. The molecule has 0 saturated carbocycles. The quantitative estimate of drug-likeness (QED) is 0.866. The molecule has 0 atom stereocenters. The third-order valence-electron chi connectivity index (χ3n) is 3.46. The summed E-state index contributed by atoms with van der Waals surface area (Å²) in [6.45, 7) is 4.14. The molecule has 2 N–H and O–H groups in total. The molecule has 0 aromatic heterocycles. The van der Waals surface area contributed by atoms with E-state index in [0.29, 0.717) is 0 Å². The molecule has 1 saturated heterocycles. The van der Waals surface area contributed by atoms with Crippen LogP contribution in [0.4, 0.5) is 5.69 Å². The molecule has 1 aliphatic rings. The van der Waals surface area contributed by atoms with Crippen LogP contribution >= 0.6 is 15.9 Å². The second kappa shape index (κ2) is 7.76. The Morgan fingerprint density at radius 3 is 2.90 bits per heavy atom. The zero-order valence-electron chi connectivity index (χ0n) is 11.7. The van der Waals surface area contributed by atoms with Gasteiger partial charge in [-0.05, 0) is 56.1 Å². The minimum Gasteiger partial charge on any atom is -0.368 e. The summed E-state index contributed by atoms with van der Waals surface area (Å²) < 4.78 is 6.68. The molecule has 5 heteroatoms. The summed E-state index contributed by atoms with van der Waals surface area (Å²) in [5.41, 5.74) is 1.99. The molecule has 0 unspecified atom stereocenters. The predicted octanol–water partition coefficient (Wildman–Crippen LogP) is 2.72. The van der Waals surface area contributed by atoms with Crippen LogP contribution in [0.25, 0.3) is 0 Å². The van der Waals surface area contributed by atoms with Crippen molar-refractivity contribution in [2.45, 2.75) is 32.3 Å². The van der Waals surface area contributed by atoms with Crippen LogP contribution in [-0.4, -0.2) is 31.7 Å². The van der Waals surface area contributed by atoms with Gasteiger partial charge in [0.05, 0.1) is 6.10 Å². The Hall–Kier alpha value is -0.910. The van der Waals surface area contributed by atoms with E-state index in [0.717, 1.165) is 48.1 Å². The van der Waals surface area contributed by atoms with Crippen LogP contribution in [0.1, 0.15) is 25.3 Å². The minimum absolute atomic E-state index is 0.0828. The van der Waals surface area contributed by atoms with Gasteiger partial charge in [-0.25, -0.2) is 0 Å². The molecule has 0 aliphatic carbocycles. The van der Waals surface area contributed by atoms with Crippen LogP contribution in [0.5, 0.6) is 0 Å². The van der Waals surface area contributed by atoms with Gasteiger partial charge < -0.3 is 15.4 Å². The number of rotatable bonds is 5. The average Bonchev–Trinajstić information content (AvgIpc) is 2.48. The number of benzene rings is 1. The lowest BCUT2D eigenvalue weighted by molar-refractivity contribution is -0.123. The number of hydrogen-bond acceptors (Lipinski definition) is 3. The molecule has 110 valence electrons. The van der Waals surface area contributed by atoms with Gasteiger partial charge in [0, 0.05) is 10.2 Å². The molecule has 0 spiro atoms. The molecule has 1 fully saturated rings. The topological polar surface area (TPSA) is 50.4 Å². The first kappa shape index (κ1) is 15.5. The van der Waals surface area contributed by atoms with E-state index in [1.165, 1.54) is 0 Å². The van der Waals surface area contributed by atoms with Crippen molar-refractivity contribution in [1.29, 1.82) is 0 Å². The Kier molecular flexibility index (Phi) is 6.01. The van der Waals surface area contributed by atoms with Gasteiger partial charge in [0.15, 0.2) is 0 Å². The number of aryl methyl sites for hydroxylation is 1. The zero-order valence-corrected chi connectivity index (χ0v) is 13.3. The highest BCUT2D eigenvalue weighted by Gasteiger charge is 2.15. The second-order valence-electron chi connectivity index (χ2n) is 4.96. The predicted molar refractivity (Wildman–Crippen MR) is 84.0 cm³/mol. The highest BCUT2D eigenvalue weighted by Crippen LogP contribution is 2.21. The third kappa shape index (κ3) is 4.58. The monoisotopic (exact) mass is 340 g/mol. The highest BCUT2D eigenvalue weighted by atomic mass is 79.9. The smallest absolute Gasteiger partial charge is 0.250 e. The van der Waals surface area contributed by atoms with E-state index in [1.807, 2.05) is 18.2 Å². The van der Waals surface area contributed by atoms with Gasteiger partial charge in [-0.3, -0.25) is 4.79 Å². The molecule has 20 heavy (non-hydrogen) atoms. The van der Waals surface area contributed by atoms with Crippen LogP contribution < -0.4 is 10.6 Å². The molecule has 1 amide bonds. The van der Waals surface area contributed by atoms with E-state index in [4.69, 9.17) is 4.74 Å². The van der Waals surface area contributed by atoms with E-state index in [9.17, 15) is 4.79 Å². The van der Waals surface area contributed by atoms with Gasteiger partial charge in [-0.1, -0.05) is 22.9 Å². The van der Waals surface area contributed by atoms with Crippen molar-refractivity contribution in [2.75, 3.05) is 25.0 Å². The number of nitrogens with one attached hydrogen (secondary N) is 2. The number of halogens is 1. The van der Waals surface area contributed by atoms with Crippen molar-refractivity contribution in [1.82, 2.24) is 5.32 Å². The first-order valence-electron chi connectivity index (χ1n) is 7.09. The Labute approximate surface area is 128 Å². The maximum atomic E-state index is 11.9. The second-order valence-corrected chi connectivity index (χ2v) is 5.88. The number of amides is 1. The van der Waals surface area contributed by atoms with Crippen LogP contribution in [0.3, 0.4) is 0 Å².